The fourth-order valence-electron chi connectivity index (χ4n) is 11.6. The Bertz CT molecular complexity index is 1990. The van der Waals surface area contributed by atoms with E-state index in [1.807, 2.05) is 0 Å². The Morgan fingerprint density at radius 3 is 0.918 bits per heavy atom. The largest absolute Gasteiger partial charge is 0.472 e. The van der Waals surface area contributed by atoms with E-state index in [9.17, 15) is 43.2 Å². The Kier molecular flexibility index (Phi) is 68.5. The first-order chi connectivity index (χ1) is 47.4. The van der Waals surface area contributed by atoms with Crippen molar-refractivity contribution >= 4 is 39.5 Å². The number of aliphatic hydroxyl groups is 1. The number of hydrogen-bond donors (Lipinski definition) is 3. The van der Waals surface area contributed by atoms with Crippen LogP contribution in [0.2, 0.25) is 0 Å². The summed E-state index contributed by atoms with van der Waals surface area (Å²) in [6, 6.07) is 0. The maximum absolute atomic E-state index is 13.1. The minimum atomic E-state index is -4.97. The number of carbonyl (C=O) groups excluding carboxylic acids is 4. The van der Waals surface area contributed by atoms with Crippen molar-refractivity contribution in [3.8, 4) is 0 Å². The van der Waals surface area contributed by atoms with Gasteiger partial charge < -0.3 is 33.8 Å². The van der Waals surface area contributed by atoms with Gasteiger partial charge in [-0.15, -0.1) is 0 Å². The summed E-state index contributed by atoms with van der Waals surface area (Å²) in [4.78, 5) is 72.8. The van der Waals surface area contributed by atoms with Crippen molar-refractivity contribution in [3.63, 3.8) is 0 Å². The standard InChI is InChI=1S/C79H150O17P2/c1-7-10-12-14-16-18-19-20-25-29-32-38-44-50-56-62-77(82)90-68-75(96-78(83)63-57-51-45-39-33-30-27-24-22-21-23-26-28-31-36-41-47-53-59-71(4)5)70-94-98(87,88)92-66-73(80)65-91-97(85,86)93-69-74(67-89-76(81)61-55-49-43-17-15-13-11-8-2)95-79(84)64-58-52-46-40-35-34-37-42-48-54-60-72(6)9-3/h18-20,25,71-75,80H,7-17,21-24,26-70H2,1-6H3,(H,85,86)(H,87,88)/b19-18-,25-20-/t72?,73-,74+,75+/m0/s1. The van der Waals surface area contributed by atoms with Crippen molar-refractivity contribution in [1.29, 1.82) is 0 Å². The van der Waals surface area contributed by atoms with Gasteiger partial charge in [0.15, 0.2) is 12.2 Å². The molecule has 0 bridgehead atoms. The summed E-state index contributed by atoms with van der Waals surface area (Å²) in [6.45, 7) is 9.58. The van der Waals surface area contributed by atoms with E-state index in [4.69, 9.17) is 37.0 Å². The van der Waals surface area contributed by atoms with Crippen LogP contribution >= 0.6 is 15.6 Å². The molecule has 0 aromatic carbocycles. The van der Waals surface area contributed by atoms with Gasteiger partial charge >= 0.3 is 39.5 Å². The van der Waals surface area contributed by atoms with Crippen LogP contribution in [0, 0.1) is 11.8 Å². The quantitative estimate of drug-likeness (QED) is 0.0169. The number of phosphoric acid groups is 2. The Morgan fingerprint density at radius 2 is 0.602 bits per heavy atom. The zero-order valence-electron chi connectivity index (χ0n) is 63.6. The lowest BCUT2D eigenvalue weighted by molar-refractivity contribution is -0.161. The lowest BCUT2D eigenvalue weighted by atomic mass is 9.99. The summed E-state index contributed by atoms with van der Waals surface area (Å²) < 4.78 is 68.5. The van der Waals surface area contributed by atoms with Crippen molar-refractivity contribution < 1.29 is 80.2 Å². The molecular weight excluding hydrogens is 1280 g/mol. The van der Waals surface area contributed by atoms with Crippen molar-refractivity contribution in [3.05, 3.63) is 24.3 Å². The van der Waals surface area contributed by atoms with Gasteiger partial charge in [-0.2, -0.15) is 0 Å². The van der Waals surface area contributed by atoms with E-state index < -0.39 is 97.5 Å². The van der Waals surface area contributed by atoms with Gasteiger partial charge in [-0.25, -0.2) is 9.13 Å². The molecule has 0 heterocycles. The van der Waals surface area contributed by atoms with Gasteiger partial charge in [0.2, 0.25) is 0 Å². The summed E-state index contributed by atoms with van der Waals surface area (Å²) in [6.07, 6.45) is 61.9. The fraction of sp³-hybridized carbons (Fsp3) is 0.899. The second-order valence-electron chi connectivity index (χ2n) is 28.5. The molecule has 98 heavy (non-hydrogen) atoms. The first-order valence-electron chi connectivity index (χ1n) is 40.3. The van der Waals surface area contributed by atoms with Crippen LogP contribution in [0.15, 0.2) is 24.3 Å². The summed E-state index contributed by atoms with van der Waals surface area (Å²) in [5.74, 6) is -0.525. The van der Waals surface area contributed by atoms with Crippen LogP contribution in [0.1, 0.15) is 388 Å². The molecule has 3 unspecified atom stereocenters. The molecule has 0 saturated carbocycles. The summed E-state index contributed by atoms with van der Waals surface area (Å²) in [7, 11) is -9.92. The lowest BCUT2D eigenvalue weighted by Crippen LogP contribution is -2.30. The molecular formula is C79H150O17P2. The molecule has 17 nitrogen and oxygen atoms in total. The van der Waals surface area contributed by atoms with Crippen LogP contribution in [-0.4, -0.2) is 96.7 Å². The average Bonchev–Trinajstić information content (AvgIpc) is 3.46. The summed E-state index contributed by atoms with van der Waals surface area (Å²) in [5.41, 5.74) is 0. The molecule has 578 valence electrons. The molecule has 6 atom stereocenters. The highest BCUT2D eigenvalue weighted by Crippen LogP contribution is 2.45. The van der Waals surface area contributed by atoms with E-state index in [1.165, 1.54) is 180 Å². The Labute approximate surface area is 599 Å². The van der Waals surface area contributed by atoms with E-state index in [2.05, 4.69) is 65.8 Å². The molecule has 0 aliphatic rings. The van der Waals surface area contributed by atoms with Crippen molar-refractivity contribution in [2.45, 2.75) is 407 Å². The predicted octanol–water partition coefficient (Wildman–Crippen LogP) is 23.1. The predicted molar refractivity (Wildman–Crippen MR) is 400 cm³/mol. The fourth-order valence-corrected chi connectivity index (χ4v) is 13.2. The van der Waals surface area contributed by atoms with Gasteiger partial charge in [-0.3, -0.25) is 37.3 Å². The average molecular weight is 1430 g/mol. The molecule has 0 amide bonds. The lowest BCUT2D eigenvalue weighted by Gasteiger charge is -2.21. The third kappa shape index (κ3) is 70.6. The first kappa shape index (κ1) is 95.5. The zero-order chi connectivity index (χ0) is 72.1. The number of unbranched alkanes of at least 4 members (excludes halogenated alkanes) is 42. The second-order valence-corrected chi connectivity index (χ2v) is 31.4. The number of rotatable bonds is 76. The van der Waals surface area contributed by atoms with Gasteiger partial charge in [-0.05, 0) is 63.2 Å². The van der Waals surface area contributed by atoms with Crippen LogP contribution in [0.4, 0.5) is 0 Å². The minimum Gasteiger partial charge on any atom is -0.462 e. The normalized spacial score (nSPS) is 14.4. The highest BCUT2D eigenvalue weighted by atomic mass is 31.2. The maximum atomic E-state index is 13.1. The van der Waals surface area contributed by atoms with E-state index in [-0.39, 0.29) is 25.7 Å². The minimum absolute atomic E-state index is 0.101. The molecule has 0 aromatic heterocycles. The van der Waals surface area contributed by atoms with Crippen LogP contribution < -0.4 is 0 Å². The monoisotopic (exact) mass is 1430 g/mol. The third-order valence-electron chi connectivity index (χ3n) is 18.2. The maximum Gasteiger partial charge on any atom is 0.472 e. The number of ether oxygens (including phenoxy) is 4. The van der Waals surface area contributed by atoms with Crippen molar-refractivity contribution in [2.24, 2.45) is 11.8 Å². The molecule has 0 radical (unpaired) electrons. The second kappa shape index (κ2) is 70.2. The Morgan fingerprint density at radius 1 is 0.337 bits per heavy atom. The number of aliphatic hydroxyl groups excluding tert-OH is 1. The van der Waals surface area contributed by atoms with Gasteiger partial charge in [0.05, 0.1) is 26.4 Å². The molecule has 0 saturated heterocycles. The highest BCUT2D eigenvalue weighted by molar-refractivity contribution is 7.47. The third-order valence-corrected chi connectivity index (χ3v) is 20.1. The number of phosphoric ester groups is 2. The Hall–Kier alpha value is -2.46. The number of carbonyl (C=O) groups is 4. The molecule has 0 fully saturated rings. The van der Waals surface area contributed by atoms with E-state index in [0.717, 1.165) is 127 Å². The van der Waals surface area contributed by atoms with Crippen LogP contribution in [0.3, 0.4) is 0 Å². The van der Waals surface area contributed by atoms with Gasteiger partial charge in [0.1, 0.15) is 19.3 Å². The molecule has 0 aliphatic heterocycles. The van der Waals surface area contributed by atoms with Crippen LogP contribution in [0.25, 0.3) is 0 Å². The molecule has 0 spiro atoms. The topological polar surface area (TPSA) is 237 Å². The molecule has 19 heteroatoms. The van der Waals surface area contributed by atoms with Gasteiger partial charge in [0, 0.05) is 25.7 Å². The molecule has 0 aliphatic carbocycles. The SMILES string of the molecule is CCCCCC/C=C\C=C/CCCCCCCC(=O)OC[C@H](COP(=O)(O)OC[C@@H](O)COP(=O)(O)OC[C@@H](COC(=O)CCCCCCCCCC)OC(=O)CCCCCCCCCCCCC(C)CC)OC(=O)CCCCCCCCCCCCCCCCCCCCC(C)C. The van der Waals surface area contributed by atoms with Crippen molar-refractivity contribution in [1.82, 2.24) is 0 Å². The first-order valence-corrected chi connectivity index (χ1v) is 43.3. The summed E-state index contributed by atoms with van der Waals surface area (Å²) in [5, 5.41) is 10.6. The van der Waals surface area contributed by atoms with E-state index >= 15 is 0 Å². The van der Waals surface area contributed by atoms with E-state index in [1.54, 1.807) is 0 Å². The van der Waals surface area contributed by atoms with Crippen LogP contribution in [0.5, 0.6) is 0 Å². The van der Waals surface area contributed by atoms with Crippen molar-refractivity contribution in [2.75, 3.05) is 39.6 Å². The zero-order valence-corrected chi connectivity index (χ0v) is 65.4. The number of allylic oxidation sites excluding steroid dienone is 4. The van der Waals surface area contributed by atoms with Gasteiger partial charge in [-0.1, -0.05) is 336 Å². The highest BCUT2D eigenvalue weighted by Gasteiger charge is 2.30. The Balaban J connectivity index is 5.23. The smallest absolute Gasteiger partial charge is 0.462 e. The number of hydrogen-bond acceptors (Lipinski definition) is 15. The van der Waals surface area contributed by atoms with Crippen LogP contribution in [-0.2, 0) is 65.4 Å². The van der Waals surface area contributed by atoms with E-state index in [0.29, 0.717) is 25.7 Å². The molecule has 3 N–H and O–H groups in total. The summed E-state index contributed by atoms with van der Waals surface area (Å²) >= 11 is 0. The molecule has 0 rings (SSSR count). The van der Waals surface area contributed by atoms with Gasteiger partial charge in [0.25, 0.3) is 0 Å². The number of esters is 4. The molecule has 0 aromatic rings.